The summed E-state index contributed by atoms with van der Waals surface area (Å²) in [6, 6.07) is 16.5. The van der Waals surface area contributed by atoms with Gasteiger partial charge >= 0.3 is 0 Å². The summed E-state index contributed by atoms with van der Waals surface area (Å²) >= 11 is 0. The fourth-order valence-electron chi connectivity index (χ4n) is 3.82. The van der Waals surface area contributed by atoms with E-state index in [2.05, 4.69) is 55.7 Å². The van der Waals surface area contributed by atoms with Crippen molar-refractivity contribution in [3.63, 3.8) is 0 Å². The summed E-state index contributed by atoms with van der Waals surface area (Å²) < 4.78 is 0. The van der Waals surface area contributed by atoms with E-state index < -0.39 is 0 Å². The molecule has 3 heterocycles. The van der Waals surface area contributed by atoms with E-state index in [4.69, 9.17) is 5.26 Å². The van der Waals surface area contributed by atoms with E-state index in [1.54, 1.807) is 0 Å². The first-order valence-corrected chi connectivity index (χ1v) is 9.23. The number of benzene rings is 2. The molecule has 134 valence electrons. The van der Waals surface area contributed by atoms with Gasteiger partial charge in [0.15, 0.2) is 0 Å². The maximum absolute atomic E-state index is 9.06. The highest BCUT2D eigenvalue weighted by atomic mass is 15.2. The van der Waals surface area contributed by atoms with Crippen molar-refractivity contribution in [2.45, 2.75) is 6.54 Å². The molecular formula is C21H20N6. The second kappa shape index (κ2) is 6.54. The Morgan fingerprint density at radius 3 is 2.78 bits per heavy atom. The summed E-state index contributed by atoms with van der Waals surface area (Å²) in [7, 11) is 0. The predicted molar refractivity (Wildman–Crippen MR) is 106 cm³/mol. The minimum absolute atomic E-state index is 0.631. The minimum Gasteiger partial charge on any atom is -0.353 e. The average Bonchev–Trinajstić information content (AvgIpc) is 3.31. The van der Waals surface area contributed by atoms with Crippen LogP contribution in [0.3, 0.4) is 0 Å². The monoisotopic (exact) mass is 356 g/mol. The number of nitrogens with zero attached hydrogens (tertiary/aromatic N) is 3. The number of fused-ring (bicyclic) bond motifs is 2. The number of hydrogen-bond donors (Lipinski definition) is 3. The average molecular weight is 356 g/mol. The van der Waals surface area contributed by atoms with Crippen molar-refractivity contribution in [1.82, 2.24) is 25.4 Å². The lowest BCUT2D eigenvalue weighted by Gasteiger charge is -2.27. The van der Waals surface area contributed by atoms with E-state index >= 15 is 0 Å². The molecule has 6 nitrogen and oxygen atoms in total. The molecule has 0 aliphatic carbocycles. The summed E-state index contributed by atoms with van der Waals surface area (Å²) in [5.74, 6) is 0. The van der Waals surface area contributed by atoms with Crippen molar-refractivity contribution >= 4 is 21.8 Å². The summed E-state index contributed by atoms with van der Waals surface area (Å²) in [6.45, 7) is 5.30. The van der Waals surface area contributed by atoms with Gasteiger partial charge in [0, 0.05) is 49.0 Å². The van der Waals surface area contributed by atoms with Crippen LogP contribution in [0.1, 0.15) is 11.1 Å². The Bertz CT molecular complexity index is 1160. The molecule has 0 unspecified atom stereocenters. The van der Waals surface area contributed by atoms with Gasteiger partial charge in [-0.15, -0.1) is 0 Å². The van der Waals surface area contributed by atoms with Crippen molar-refractivity contribution < 1.29 is 0 Å². The predicted octanol–water partition coefficient (Wildman–Crippen LogP) is 2.99. The molecule has 1 aliphatic rings. The van der Waals surface area contributed by atoms with Crippen molar-refractivity contribution in [2.75, 3.05) is 26.2 Å². The largest absolute Gasteiger partial charge is 0.353 e. The molecule has 1 fully saturated rings. The molecule has 1 aliphatic heterocycles. The molecule has 6 heteroatoms. The molecule has 0 spiro atoms. The second-order valence-electron chi connectivity index (χ2n) is 7.08. The highest BCUT2D eigenvalue weighted by Crippen LogP contribution is 2.29. The summed E-state index contributed by atoms with van der Waals surface area (Å²) in [5.41, 5.74) is 5.83. The highest BCUT2D eigenvalue weighted by molar-refractivity contribution is 5.96. The van der Waals surface area contributed by atoms with Gasteiger partial charge in [0.1, 0.15) is 5.69 Å². The number of H-pyrrole nitrogens is 2. The van der Waals surface area contributed by atoms with Gasteiger partial charge in [-0.25, -0.2) is 0 Å². The van der Waals surface area contributed by atoms with Crippen LogP contribution in [0.15, 0.2) is 42.5 Å². The molecule has 1 saturated heterocycles. The van der Waals surface area contributed by atoms with Gasteiger partial charge in [-0.2, -0.15) is 10.4 Å². The Morgan fingerprint density at radius 2 is 1.93 bits per heavy atom. The normalized spacial score (nSPS) is 15.4. The highest BCUT2D eigenvalue weighted by Gasteiger charge is 2.13. The zero-order valence-corrected chi connectivity index (χ0v) is 14.9. The molecule has 0 amide bonds. The quantitative estimate of drug-likeness (QED) is 0.527. The molecule has 27 heavy (non-hydrogen) atoms. The van der Waals surface area contributed by atoms with E-state index in [9.17, 15) is 0 Å². The zero-order chi connectivity index (χ0) is 18.2. The third kappa shape index (κ3) is 2.97. The Morgan fingerprint density at radius 1 is 1.04 bits per heavy atom. The van der Waals surface area contributed by atoms with Crippen LogP contribution in [0.25, 0.3) is 33.2 Å². The van der Waals surface area contributed by atoms with Gasteiger partial charge in [0.05, 0.1) is 22.8 Å². The van der Waals surface area contributed by atoms with Crippen LogP contribution in [0.5, 0.6) is 0 Å². The van der Waals surface area contributed by atoms with Gasteiger partial charge in [-0.3, -0.25) is 10.00 Å². The van der Waals surface area contributed by atoms with Crippen LogP contribution < -0.4 is 5.32 Å². The Labute approximate surface area is 156 Å². The third-order valence-electron chi connectivity index (χ3n) is 5.25. The molecule has 5 rings (SSSR count). The van der Waals surface area contributed by atoms with Crippen molar-refractivity contribution in [3.05, 3.63) is 53.6 Å². The molecular weight excluding hydrogens is 336 g/mol. The van der Waals surface area contributed by atoms with Crippen LogP contribution in [0.2, 0.25) is 0 Å². The number of nitrogens with one attached hydrogen (secondary N) is 3. The molecule has 2 aromatic heterocycles. The minimum atomic E-state index is 0.631. The van der Waals surface area contributed by atoms with Crippen molar-refractivity contribution in [1.29, 1.82) is 5.26 Å². The maximum Gasteiger partial charge on any atom is 0.116 e. The standard InChI is InChI=1S/C21H20N6/c22-12-14-2-4-17-19(9-14)25-26-21(17)20-11-16-3-1-15(10-18(16)24-20)13-27-7-5-23-6-8-27/h1-4,9-11,23-24H,5-8,13H2,(H,25,26). The lowest BCUT2D eigenvalue weighted by atomic mass is 10.1. The number of aromatic nitrogens is 3. The molecule has 3 N–H and O–H groups in total. The zero-order valence-electron chi connectivity index (χ0n) is 14.9. The molecule has 0 saturated carbocycles. The van der Waals surface area contributed by atoms with Crippen LogP contribution in [-0.2, 0) is 6.54 Å². The maximum atomic E-state index is 9.06. The fourth-order valence-corrected chi connectivity index (χ4v) is 3.82. The molecule has 0 radical (unpaired) electrons. The fraction of sp³-hybridized carbons (Fsp3) is 0.238. The number of rotatable bonds is 3. The third-order valence-corrected chi connectivity index (χ3v) is 5.25. The van der Waals surface area contributed by atoms with Gasteiger partial charge in [-0.05, 0) is 35.9 Å². The number of hydrogen-bond acceptors (Lipinski definition) is 4. The Balaban J connectivity index is 1.48. The topological polar surface area (TPSA) is 83.5 Å². The molecule has 4 aromatic rings. The lowest BCUT2D eigenvalue weighted by molar-refractivity contribution is 0.233. The Hall–Kier alpha value is -3.14. The van der Waals surface area contributed by atoms with Gasteiger partial charge in [-0.1, -0.05) is 12.1 Å². The van der Waals surface area contributed by atoms with E-state index in [0.717, 1.165) is 60.5 Å². The van der Waals surface area contributed by atoms with Crippen molar-refractivity contribution in [3.8, 4) is 17.5 Å². The summed E-state index contributed by atoms with van der Waals surface area (Å²) in [5, 5.41) is 22.2. The van der Waals surface area contributed by atoms with E-state index in [-0.39, 0.29) is 0 Å². The summed E-state index contributed by atoms with van der Waals surface area (Å²) in [6.07, 6.45) is 0. The van der Waals surface area contributed by atoms with Gasteiger partial charge in [0.25, 0.3) is 0 Å². The van der Waals surface area contributed by atoms with Crippen LogP contribution in [0, 0.1) is 11.3 Å². The van der Waals surface area contributed by atoms with Crippen molar-refractivity contribution in [2.24, 2.45) is 0 Å². The van der Waals surface area contributed by atoms with Crippen LogP contribution in [0.4, 0.5) is 0 Å². The molecule has 0 atom stereocenters. The van der Waals surface area contributed by atoms with E-state index in [1.165, 1.54) is 10.9 Å². The van der Waals surface area contributed by atoms with Gasteiger partial charge in [0.2, 0.25) is 0 Å². The Kier molecular flexibility index (Phi) is 3.89. The smallest absolute Gasteiger partial charge is 0.116 e. The van der Waals surface area contributed by atoms with E-state index in [0.29, 0.717) is 5.56 Å². The summed E-state index contributed by atoms with van der Waals surface area (Å²) in [4.78, 5) is 6.00. The van der Waals surface area contributed by atoms with Gasteiger partial charge < -0.3 is 10.3 Å². The number of nitriles is 1. The number of piperazine rings is 1. The first-order chi connectivity index (χ1) is 13.3. The van der Waals surface area contributed by atoms with Crippen LogP contribution in [-0.4, -0.2) is 46.3 Å². The first kappa shape index (κ1) is 16.1. The molecule has 0 bridgehead atoms. The van der Waals surface area contributed by atoms with E-state index in [1.807, 2.05) is 18.2 Å². The van der Waals surface area contributed by atoms with Crippen LogP contribution >= 0.6 is 0 Å². The first-order valence-electron chi connectivity index (χ1n) is 9.23. The molecule has 2 aromatic carbocycles. The SMILES string of the molecule is N#Cc1ccc2c(-c3cc4ccc(CN5CCNCC5)cc4[nH]3)n[nH]c2c1. The lowest BCUT2D eigenvalue weighted by Crippen LogP contribution is -2.42. The number of aromatic amines is 2. The second-order valence-corrected chi connectivity index (χ2v) is 7.08.